The van der Waals surface area contributed by atoms with Gasteiger partial charge in [0.2, 0.25) is 0 Å². The number of hydrogen-bond donors (Lipinski definition) is 3. The van der Waals surface area contributed by atoms with Gasteiger partial charge in [-0.05, 0) is 18.2 Å². The van der Waals surface area contributed by atoms with Crippen molar-refractivity contribution in [1.82, 2.24) is 0 Å². The van der Waals surface area contributed by atoms with Gasteiger partial charge in [-0.1, -0.05) is 6.92 Å². The SMILES string of the molecule is CCCSCC(N)(C(=O)O)C(=O)C=CC(=O)O. The summed E-state index contributed by atoms with van der Waals surface area (Å²) in [5.74, 6) is -3.11. The molecule has 1 atom stereocenters. The number of nitrogens with two attached hydrogens (primary N) is 1. The zero-order chi connectivity index (χ0) is 13.5. The van der Waals surface area contributed by atoms with E-state index in [1.54, 1.807) is 0 Å². The van der Waals surface area contributed by atoms with Gasteiger partial charge >= 0.3 is 11.9 Å². The van der Waals surface area contributed by atoms with Crippen molar-refractivity contribution in [2.24, 2.45) is 5.73 Å². The maximum Gasteiger partial charge on any atom is 0.332 e. The molecule has 96 valence electrons. The Morgan fingerprint density at radius 3 is 2.29 bits per heavy atom. The smallest absolute Gasteiger partial charge is 0.332 e. The van der Waals surface area contributed by atoms with Crippen LogP contribution in [-0.2, 0) is 14.4 Å². The summed E-state index contributed by atoms with van der Waals surface area (Å²) in [5.41, 5.74) is 3.43. The number of hydrogen-bond acceptors (Lipinski definition) is 5. The Hall–Kier alpha value is -1.34. The minimum atomic E-state index is -2.06. The second-order valence-electron chi connectivity index (χ2n) is 3.36. The summed E-state index contributed by atoms with van der Waals surface area (Å²) in [6.45, 7) is 1.91. The molecule has 4 N–H and O–H groups in total. The van der Waals surface area contributed by atoms with Crippen molar-refractivity contribution in [2.45, 2.75) is 18.9 Å². The maximum atomic E-state index is 11.5. The van der Waals surface area contributed by atoms with E-state index in [1.807, 2.05) is 6.92 Å². The summed E-state index contributed by atoms with van der Waals surface area (Å²) in [6.07, 6.45) is 2.10. The minimum absolute atomic E-state index is 0.0844. The summed E-state index contributed by atoms with van der Waals surface area (Å²) in [7, 11) is 0. The first-order valence-electron chi connectivity index (χ1n) is 4.90. The zero-order valence-corrected chi connectivity index (χ0v) is 10.2. The lowest BCUT2D eigenvalue weighted by Crippen LogP contribution is -2.56. The second kappa shape index (κ2) is 7.08. The lowest BCUT2D eigenvalue weighted by atomic mass is 9.97. The van der Waals surface area contributed by atoms with Crippen molar-refractivity contribution in [3.05, 3.63) is 12.2 Å². The number of carboxylic acids is 2. The van der Waals surface area contributed by atoms with Crippen LogP contribution >= 0.6 is 11.8 Å². The van der Waals surface area contributed by atoms with Crippen molar-refractivity contribution in [3.8, 4) is 0 Å². The molecule has 0 aliphatic rings. The molecule has 0 aliphatic heterocycles. The van der Waals surface area contributed by atoms with Gasteiger partial charge in [0.25, 0.3) is 0 Å². The average molecular weight is 261 g/mol. The molecule has 7 heteroatoms. The van der Waals surface area contributed by atoms with Crippen molar-refractivity contribution < 1.29 is 24.6 Å². The quantitative estimate of drug-likeness (QED) is 0.322. The van der Waals surface area contributed by atoms with E-state index >= 15 is 0 Å². The Bertz CT molecular complexity index is 342. The molecule has 0 aliphatic carbocycles. The molecule has 0 fully saturated rings. The first-order valence-corrected chi connectivity index (χ1v) is 6.05. The van der Waals surface area contributed by atoms with Crippen molar-refractivity contribution in [1.29, 1.82) is 0 Å². The topological polar surface area (TPSA) is 118 Å². The van der Waals surface area contributed by atoms with E-state index in [9.17, 15) is 14.4 Å². The number of rotatable bonds is 8. The highest BCUT2D eigenvalue weighted by atomic mass is 32.2. The largest absolute Gasteiger partial charge is 0.480 e. The standard InChI is InChI=1S/C10H15NO5S/c1-2-5-17-6-10(11,9(15)16)7(12)3-4-8(13)14/h3-4H,2,5-6,11H2,1H3,(H,13,14)(H,15,16). The van der Waals surface area contributed by atoms with Gasteiger partial charge in [0.05, 0.1) is 0 Å². The molecule has 0 rings (SSSR count). The van der Waals surface area contributed by atoms with Crippen LogP contribution in [0.1, 0.15) is 13.3 Å². The molecule has 17 heavy (non-hydrogen) atoms. The Morgan fingerprint density at radius 1 is 1.29 bits per heavy atom. The molecule has 0 saturated carbocycles. The van der Waals surface area contributed by atoms with Crippen LogP contribution in [0, 0.1) is 0 Å². The third kappa shape index (κ3) is 5.01. The van der Waals surface area contributed by atoms with Crippen molar-refractivity contribution >= 4 is 29.5 Å². The molecule has 0 aromatic heterocycles. The van der Waals surface area contributed by atoms with Gasteiger partial charge in [-0.25, -0.2) is 9.59 Å². The summed E-state index contributed by atoms with van der Waals surface area (Å²) in [5, 5.41) is 17.3. The number of aliphatic carboxylic acids is 2. The summed E-state index contributed by atoms with van der Waals surface area (Å²) >= 11 is 1.24. The Balaban J connectivity index is 4.75. The molecule has 6 nitrogen and oxygen atoms in total. The van der Waals surface area contributed by atoms with E-state index in [0.717, 1.165) is 6.42 Å². The van der Waals surface area contributed by atoms with Gasteiger partial charge in [-0.15, -0.1) is 0 Å². The van der Waals surface area contributed by atoms with Crippen LogP contribution in [0.2, 0.25) is 0 Å². The lowest BCUT2D eigenvalue weighted by Gasteiger charge is -2.20. The van der Waals surface area contributed by atoms with Crippen LogP contribution in [-0.4, -0.2) is 45.0 Å². The molecule has 1 unspecified atom stereocenters. The van der Waals surface area contributed by atoms with Crippen LogP contribution in [0.5, 0.6) is 0 Å². The maximum absolute atomic E-state index is 11.5. The third-order valence-corrected chi connectivity index (χ3v) is 3.23. The van der Waals surface area contributed by atoms with Gasteiger partial charge in [0, 0.05) is 11.8 Å². The van der Waals surface area contributed by atoms with E-state index in [4.69, 9.17) is 15.9 Å². The van der Waals surface area contributed by atoms with Crippen molar-refractivity contribution in [2.75, 3.05) is 11.5 Å². The highest BCUT2D eigenvalue weighted by molar-refractivity contribution is 7.99. The minimum Gasteiger partial charge on any atom is -0.480 e. The molecular formula is C10H15NO5S. The summed E-state index contributed by atoms with van der Waals surface area (Å²) in [6, 6.07) is 0. The fraction of sp³-hybridized carbons (Fsp3) is 0.500. The number of ketones is 1. The Labute approximate surface area is 103 Å². The normalized spacial score (nSPS) is 14.5. The van der Waals surface area contributed by atoms with E-state index < -0.39 is 23.3 Å². The number of thioether (sulfide) groups is 1. The van der Waals surface area contributed by atoms with E-state index in [-0.39, 0.29) is 5.75 Å². The van der Waals surface area contributed by atoms with Crippen LogP contribution in [0.3, 0.4) is 0 Å². The predicted molar refractivity (Wildman–Crippen MR) is 64.0 cm³/mol. The number of carbonyl (C=O) groups excluding carboxylic acids is 1. The highest BCUT2D eigenvalue weighted by Crippen LogP contribution is 2.14. The van der Waals surface area contributed by atoms with E-state index in [2.05, 4.69) is 0 Å². The fourth-order valence-electron chi connectivity index (χ4n) is 0.911. The molecule has 0 amide bonds. The molecular weight excluding hydrogens is 246 g/mol. The molecule has 0 aromatic carbocycles. The van der Waals surface area contributed by atoms with E-state index in [1.165, 1.54) is 11.8 Å². The Kier molecular flexibility index (Phi) is 6.52. The van der Waals surface area contributed by atoms with Crippen molar-refractivity contribution in [3.63, 3.8) is 0 Å². The van der Waals surface area contributed by atoms with Gasteiger partial charge in [-0.2, -0.15) is 11.8 Å². The van der Waals surface area contributed by atoms with Gasteiger partial charge in [-0.3, -0.25) is 4.79 Å². The summed E-state index contributed by atoms with van der Waals surface area (Å²) < 4.78 is 0. The summed E-state index contributed by atoms with van der Waals surface area (Å²) in [4.78, 5) is 32.7. The molecule has 0 radical (unpaired) electrons. The van der Waals surface area contributed by atoms with Gasteiger partial charge in [0.15, 0.2) is 11.3 Å². The monoisotopic (exact) mass is 261 g/mol. The van der Waals surface area contributed by atoms with Crippen LogP contribution in [0.4, 0.5) is 0 Å². The van der Waals surface area contributed by atoms with Crippen LogP contribution < -0.4 is 5.73 Å². The molecule has 0 heterocycles. The van der Waals surface area contributed by atoms with E-state index in [0.29, 0.717) is 17.9 Å². The van der Waals surface area contributed by atoms with Gasteiger partial charge < -0.3 is 15.9 Å². The van der Waals surface area contributed by atoms with Gasteiger partial charge in [0.1, 0.15) is 0 Å². The third-order valence-electron chi connectivity index (χ3n) is 1.88. The first-order chi connectivity index (χ1) is 7.84. The first kappa shape index (κ1) is 15.7. The number of carboxylic acid groups (broad SMARTS) is 2. The molecule has 0 saturated heterocycles. The van der Waals surface area contributed by atoms with Crippen LogP contribution in [0.25, 0.3) is 0 Å². The molecule has 0 spiro atoms. The zero-order valence-electron chi connectivity index (χ0n) is 9.38. The number of carbonyl (C=O) groups is 3. The lowest BCUT2D eigenvalue weighted by molar-refractivity contribution is -0.146. The van der Waals surface area contributed by atoms with Crippen LogP contribution in [0.15, 0.2) is 12.2 Å². The predicted octanol–water partition coefficient (Wildman–Crippen LogP) is 0.122. The highest BCUT2D eigenvalue weighted by Gasteiger charge is 2.40. The molecule has 0 aromatic rings. The second-order valence-corrected chi connectivity index (χ2v) is 4.47. The molecule has 0 bridgehead atoms. The Morgan fingerprint density at radius 2 is 1.88 bits per heavy atom. The average Bonchev–Trinajstić information content (AvgIpc) is 2.25. The fourth-order valence-corrected chi connectivity index (χ4v) is 1.93.